The van der Waals surface area contributed by atoms with E-state index in [4.69, 9.17) is 5.73 Å². The molecule has 3 rings (SSSR count). The largest absolute Gasteiger partial charge is 0.399 e. The lowest BCUT2D eigenvalue weighted by molar-refractivity contribution is 1.22. The van der Waals surface area contributed by atoms with Crippen molar-refractivity contribution in [3.63, 3.8) is 0 Å². The molecular formula is C19H17N5. The third kappa shape index (κ3) is 4.27. The first-order valence-corrected chi connectivity index (χ1v) is 7.53. The van der Waals surface area contributed by atoms with Gasteiger partial charge in [-0.1, -0.05) is 36.4 Å². The molecule has 0 saturated carbocycles. The van der Waals surface area contributed by atoms with E-state index in [1.54, 1.807) is 0 Å². The molecule has 0 amide bonds. The molecule has 0 bridgehead atoms. The van der Waals surface area contributed by atoms with E-state index in [2.05, 4.69) is 20.8 Å². The van der Waals surface area contributed by atoms with Crippen molar-refractivity contribution in [2.45, 2.75) is 0 Å². The van der Waals surface area contributed by atoms with Crippen molar-refractivity contribution in [3.05, 3.63) is 90.5 Å². The first kappa shape index (κ1) is 15.4. The average molecular weight is 315 g/mol. The van der Waals surface area contributed by atoms with E-state index in [-0.39, 0.29) is 0 Å². The lowest BCUT2D eigenvalue weighted by atomic mass is 10.2. The Bertz CT molecular complexity index is 825. The molecule has 0 unspecified atom stereocenters. The third-order valence-electron chi connectivity index (χ3n) is 3.25. The molecule has 5 nitrogen and oxygen atoms in total. The molecule has 0 aromatic heterocycles. The van der Waals surface area contributed by atoms with Crippen LogP contribution in [0.15, 0.2) is 100 Å². The first-order valence-electron chi connectivity index (χ1n) is 7.53. The third-order valence-corrected chi connectivity index (χ3v) is 3.25. The number of rotatable bonds is 4. The van der Waals surface area contributed by atoms with Crippen molar-refractivity contribution < 1.29 is 0 Å². The molecule has 0 fully saturated rings. The minimum atomic E-state index is 0.475. The minimum absolute atomic E-state index is 0.475. The Hall–Kier alpha value is -3.47. The highest BCUT2D eigenvalue weighted by atomic mass is 15.3. The van der Waals surface area contributed by atoms with Crippen LogP contribution in [0, 0.1) is 0 Å². The van der Waals surface area contributed by atoms with Crippen molar-refractivity contribution in [2.75, 3.05) is 11.2 Å². The Morgan fingerprint density at radius 1 is 0.750 bits per heavy atom. The molecule has 5 heteroatoms. The molecule has 118 valence electrons. The molecule has 0 spiro atoms. The molecule has 0 atom stereocenters. The standard InChI is InChI=1S/C19H17N5/c20-16-13-11-15(12-14-16)19(23-21-17-7-3-1-4-8-17)24-22-18-9-5-2-6-10-18/h1-14,21H,20H2. The van der Waals surface area contributed by atoms with Gasteiger partial charge in [-0.2, -0.15) is 5.10 Å². The van der Waals surface area contributed by atoms with Gasteiger partial charge in [-0.25, -0.2) is 0 Å². The number of hydrogen-bond acceptors (Lipinski definition) is 4. The molecule has 0 heterocycles. The topological polar surface area (TPSA) is 75.1 Å². The van der Waals surface area contributed by atoms with Gasteiger partial charge < -0.3 is 5.73 Å². The van der Waals surface area contributed by atoms with Crippen LogP contribution in [-0.4, -0.2) is 5.84 Å². The number of amidine groups is 1. The average Bonchev–Trinajstić information content (AvgIpc) is 2.64. The second kappa shape index (κ2) is 7.69. The summed E-state index contributed by atoms with van der Waals surface area (Å²) in [6.45, 7) is 0. The van der Waals surface area contributed by atoms with Crippen LogP contribution < -0.4 is 11.2 Å². The molecule has 24 heavy (non-hydrogen) atoms. The van der Waals surface area contributed by atoms with Crippen LogP contribution in [0.1, 0.15) is 5.56 Å². The Morgan fingerprint density at radius 3 is 2.04 bits per heavy atom. The first-order chi connectivity index (χ1) is 11.8. The molecule has 3 aromatic carbocycles. The molecule has 0 aliphatic carbocycles. The second-order valence-corrected chi connectivity index (χ2v) is 5.07. The Labute approximate surface area is 140 Å². The van der Waals surface area contributed by atoms with Gasteiger partial charge in [-0.05, 0) is 48.5 Å². The van der Waals surface area contributed by atoms with Crippen LogP contribution in [0.25, 0.3) is 0 Å². The van der Waals surface area contributed by atoms with Crippen molar-refractivity contribution >= 4 is 22.9 Å². The van der Waals surface area contributed by atoms with Gasteiger partial charge >= 0.3 is 0 Å². The molecule has 0 radical (unpaired) electrons. The van der Waals surface area contributed by atoms with Gasteiger partial charge in [-0.15, -0.1) is 10.2 Å². The van der Waals surface area contributed by atoms with E-state index in [0.29, 0.717) is 11.5 Å². The number of nitrogens with zero attached hydrogens (tertiary/aromatic N) is 3. The number of benzene rings is 3. The second-order valence-electron chi connectivity index (χ2n) is 5.07. The van der Waals surface area contributed by atoms with Crippen LogP contribution in [0.2, 0.25) is 0 Å². The van der Waals surface area contributed by atoms with E-state index in [1.165, 1.54) is 0 Å². The fraction of sp³-hybridized carbons (Fsp3) is 0. The SMILES string of the molecule is Nc1ccc(C(N=Nc2ccccc2)=NNc2ccccc2)cc1. The highest BCUT2D eigenvalue weighted by Crippen LogP contribution is 2.14. The Balaban J connectivity index is 1.88. The van der Waals surface area contributed by atoms with Crippen LogP contribution in [0.5, 0.6) is 0 Å². The Morgan fingerprint density at radius 2 is 1.38 bits per heavy atom. The predicted octanol–water partition coefficient (Wildman–Crippen LogP) is 4.83. The summed E-state index contributed by atoms with van der Waals surface area (Å²) in [5, 5.41) is 12.9. The zero-order valence-corrected chi connectivity index (χ0v) is 13.0. The summed E-state index contributed by atoms with van der Waals surface area (Å²) in [6.07, 6.45) is 0. The van der Waals surface area contributed by atoms with Gasteiger partial charge in [0.1, 0.15) is 0 Å². The van der Waals surface area contributed by atoms with Crippen LogP contribution in [-0.2, 0) is 0 Å². The molecule has 0 saturated heterocycles. The maximum Gasteiger partial charge on any atom is 0.201 e. The number of nitrogens with two attached hydrogens (primary N) is 1. The zero-order chi connectivity index (χ0) is 16.6. The maximum absolute atomic E-state index is 5.75. The summed E-state index contributed by atoms with van der Waals surface area (Å²) in [6, 6.07) is 26.6. The quantitative estimate of drug-likeness (QED) is 0.238. The fourth-order valence-corrected chi connectivity index (χ4v) is 2.01. The van der Waals surface area contributed by atoms with Crippen molar-refractivity contribution in [1.29, 1.82) is 0 Å². The smallest absolute Gasteiger partial charge is 0.201 e. The fourth-order valence-electron chi connectivity index (χ4n) is 2.01. The summed E-state index contributed by atoms with van der Waals surface area (Å²) in [7, 11) is 0. The summed E-state index contributed by atoms with van der Waals surface area (Å²) in [5.41, 5.74) is 11.9. The van der Waals surface area contributed by atoms with Gasteiger partial charge in [0.05, 0.1) is 11.4 Å². The number of anilines is 2. The monoisotopic (exact) mass is 315 g/mol. The van der Waals surface area contributed by atoms with Gasteiger partial charge in [0.25, 0.3) is 0 Å². The van der Waals surface area contributed by atoms with E-state index < -0.39 is 0 Å². The van der Waals surface area contributed by atoms with Gasteiger partial charge in [0.2, 0.25) is 5.84 Å². The predicted molar refractivity (Wildman–Crippen MR) is 98.4 cm³/mol. The van der Waals surface area contributed by atoms with E-state index in [9.17, 15) is 0 Å². The van der Waals surface area contributed by atoms with Gasteiger partial charge in [0, 0.05) is 11.3 Å². The van der Waals surface area contributed by atoms with Crippen LogP contribution in [0.3, 0.4) is 0 Å². The normalized spacial score (nSPS) is 11.6. The summed E-state index contributed by atoms with van der Waals surface area (Å²) in [5.74, 6) is 0.475. The number of para-hydroxylation sites is 1. The number of hydrogen-bond donors (Lipinski definition) is 2. The molecule has 0 aliphatic rings. The molecule has 0 aliphatic heterocycles. The number of azo groups is 1. The van der Waals surface area contributed by atoms with Gasteiger partial charge in [-0.3, -0.25) is 5.43 Å². The lowest BCUT2D eigenvalue weighted by Crippen LogP contribution is -2.01. The molecule has 3 aromatic rings. The van der Waals surface area contributed by atoms with E-state index in [0.717, 1.165) is 16.9 Å². The number of nitrogen functional groups attached to an aromatic ring is 1. The van der Waals surface area contributed by atoms with Crippen molar-refractivity contribution in [2.24, 2.45) is 15.3 Å². The molecular weight excluding hydrogens is 298 g/mol. The van der Waals surface area contributed by atoms with E-state index in [1.807, 2.05) is 84.9 Å². The summed E-state index contributed by atoms with van der Waals surface area (Å²) in [4.78, 5) is 0. The van der Waals surface area contributed by atoms with Gasteiger partial charge in [0.15, 0.2) is 0 Å². The Kier molecular flexibility index (Phi) is 4.94. The number of nitrogens with one attached hydrogen (secondary N) is 1. The van der Waals surface area contributed by atoms with E-state index >= 15 is 0 Å². The van der Waals surface area contributed by atoms with Crippen LogP contribution in [0.4, 0.5) is 17.1 Å². The molecule has 3 N–H and O–H groups in total. The maximum atomic E-state index is 5.75. The minimum Gasteiger partial charge on any atom is -0.399 e. The highest BCUT2D eigenvalue weighted by molar-refractivity contribution is 5.99. The lowest BCUT2D eigenvalue weighted by Gasteiger charge is -2.04. The summed E-state index contributed by atoms with van der Waals surface area (Å²) >= 11 is 0. The highest BCUT2D eigenvalue weighted by Gasteiger charge is 2.03. The van der Waals surface area contributed by atoms with Crippen molar-refractivity contribution in [3.8, 4) is 0 Å². The van der Waals surface area contributed by atoms with Crippen molar-refractivity contribution in [1.82, 2.24) is 0 Å². The van der Waals surface area contributed by atoms with Crippen LogP contribution >= 0.6 is 0 Å². The number of hydrazone groups is 1. The summed E-state index contributed by atoms with van der Waals surface area (Å²) < 4.78 is 0. The zero-order valence-electron chi connectivity index (χ0n) is 13.0.